The van der Waals surface area contributed by atoms with Crippen LogP contribution in [0.15, 0.2) is 71.8 Å². The van der Waals surface area contributed by atoms with Crippen molar-refractivity contribution in [2.45, 2.75) is 13.0 Å². The van der Waals surface area contributed by atoms with Gasteiger partial charge < -0.3 is 19.6 Å². The van der Waals surface area contributed by atoms with E-state index in [0.29, 0.717) is 13.0 Å². The van der Waals surface area contributed by atoms with E-state index in [-0.39, 0.29) is 35.2 Å². The van der Waals surface area contributed by atoms with Crippen LogP contribution in [0, 0.1) is 5.82 Å². The fourth-order valence-electron chi connectivity index (χ4n) is 3.43. The molecule has 1 amide bonds. The van der Waals surface area contributed by atoms with Crippen molar-refractivity contribution in [1.82, 2.24) is 14.9 Å². The van der Waals surface area contributed by atoms with E-state index in [4.69, 9.17) is 4.74 Å². The van der Waals surface area contributed by atoms with Gasteiger partial charge in [0.15, 0.2) is 5.75 Å². The van der Waals surface area contributed by atoms with Crippen molar-refractivity contribution in [1.29, 1.82) is 0 Å². The molecule has 31 heavy (non-hydrogen) atoms. The number of ether oxygens (including phenoxy) is 1. The summed E-state index contributed by atoms with van der Waals surface area (Å²) in [5.74, 6) is -0.481. The smallest absolute Gasteiger partial charge is 0.268 e. The molecule has 0 spiro atoms. The number of aromatic nitrogens is 2. The number of hydrogen-bond acceptors (Lipinski definition) is 3. The number of carbonyl (C=O) groups is 1. The average molecular weight is 419 g/mol. The van der Waals surface area contributed by atoms with Crippen molar-refractivity contribution < 1.29 is 13.9 Å². The number of amides is 1. The lowest BCUT2D eigenvalue weighted by Gasteiger charge is -2.12. The predicted octanol–water partition coefficient (Wildman–Crippen LogP) is 3.56. The van der Waals surface area contributed by atoms with Gasteiger partial charge in [0, 0.05) is 36.8 Å². The predicted molar refractivity (Wildman–Crippen MR) is 117 cm³/mol. The molecule has 2 heterocycles. The number of nitrogens with one attached hydrogen (secondary N) is 2. The van der Waals surface area contributed by atoms with Gasteiger partial charge in [-0.15, -0.1) is 0 Å². The Morgan fingerprint density at radius 2 is 1.97 bits per heavy atom. The normalized spacial score (nSPS) is 10.9. The number of carbonyl (C=O) groups excluding carboxylic acids is 1. The quantitative estimate of drug-likeness (QED) is 0.481. The third kappa shape index (κ3) is 4.66. The van der Waals surface area contributed by atoms with E-state index in [1.54, 1.807) is 17.7 Å². The second-order valence-electron chi connectivity index (χ2n) is 7.28. The number of aromatic amines is 1. The summed E-state index contributed by atoms with van der Waals surface area (Å²) in [5.41, 5.74) is 2.58. The van der Waals surface area contributed by atoms with Crippen LogP contribution in [0.5, 0.6) is 5.75 Å². The second kappa shape index (κ2) is 8.87. The summed E-state index contributed by atoms with van der Waals surface area (Å²) in [6.07, 6.45) is 3.86. The summed E-state index contributed by atoms with van der Waals surface area (Å²) in [6, 6.07) is 15.4. The molecule has 0 bridgehead atoms. The van der Waals surface area contributed by atoms with Crippen LogP contribution in [-0.2, 0) is 20.1 Å². The Labute approximate surface area is 178 Å². The van der Waals surface area contributed by atoms with E-state index in [9.17, 15) is 14.0 Å². The molecular formula is C24H22FN3O3. The minimum absolute atomic E-state index is 0.184. The Morgan fingerprint density at radius 1 is 1.16 bits per heavy atom. The molecule has 0 radical (unpaired) electrons. The Balaban J connectivity index is 1.39. The highest BCUT2D eigenvalue weighted by atomic mass is 19.1. The molecule has 2 aromatic heterocycles. The molecule has 2 N–H and O–H groups in total. The zero-order valence-corrected chi connectivity index (χ0v) is 17.0. The van der Waals surface area contributed by atoms with Gasteiger partial charge in [0.2, 0.25) is 5.43 Å². The van der Waals surface area contributed by atoms with E-state index in [0.717, 1.165) is 22.0 Å². The largest absolute Gasteiger partial charge is 0.483 e. The van der Waals surface area contributed by atoms with Gasteiger partial charge in [-0.1, -0.05) is 30.3 Å². The average Bonchev–Trinajstić information content (AvgIpc) is 3.16. The third-order valence-corrected chi connectivity index (χ3v) is 5.08. The lowest BCUT2D eigenvalue weighted by molar-refractivity contribution is 0.0945. The Morgan fingerprint density at radius 3 is 2.77 bits per heavy atom. The molecule has 0 fully saturated rings. The molecule has 0 aliphatic carbocycles. The third-order valence-electron chi connectivity index (χ3n) is 5.08. The van der Waals surface area contributed by atoms with Crippen molar-refractivity contribution in [3.63, 3.8) is 0 Å². The molecule has 0 atom stereocenters. The maximum Gasteiger partial charge on any atom is 0.268 e. The number of hydrogen-bond donors (Lipinski definition) is 2. The molecule has 4 rings (SSSR count). The summed E-state index contributed by atoms with van der Waals surface area (Å²) < 4.78 is 20.7. The Hall–Kier alpha value is -3.87. The van der Waals surface area contributed by atoms with Gasteiger partial charge >= 0.3 is 0 Å². The van der Waals surface area contributed by atoms with E-state index >= 15 is 0 Å². The number of rotatable bonds is 7. The highest BCUT2D eigenvalue weighted by Gasteiger charge is 2.13. The number of nitrogens with zero attached hydrogens (tertiary/aromatic N) is 1. The van der Waals surface area contributed by atoms with Crippen molar-refractivity contribution >= 4 is 16.8 Å². The van der Waals surface area contributed by atoms with Gasteiger partial charge in [-0.05, 0) is 35.7 Å². The summed E-state index contributed by atoms with van der Waals surface area (Å²) in [5, 5.41) is 3.61. The number of halogens is 1. The molecule has 0 saturated carbocycles. The first-order chi connectivity index (χ1) is 15.0. The van der Waals surface area contributed by atoms with Crippen molar-refractivity contribution in [3.05, 3.63) is 99.9 Å². The summed E-state index contributed by atoms with van der Waals surface area (Å²) in [6.45, 7) is 0.621. The SMILES string of the molecule is Cn1cc(OCc2ccccc2)c(=O)cc1C(=O)NCCc1c[nH]c2ccc(F)cc12. The molecule has 158 valence electrons. The van der Waals surface area contributed by atoms with Gasteiger partial charge in [0.05, 0.1) is 6.20 Å². The first-order valence-electron chi connectivity index (χ1n) is 9.92. The highest BCUT2D eigenvalue weighted by molar-refractivity contribution is 5.92. The topological polar surface area (TPSA) is 76.1 Å². The van der Waals surface area contributed by atoms with Crippen LogP contribution in [0.4, 0.5) is 4.39 Å². The van der Waals surface area contributed by atoms with Crippen LogP contribution in [0.2, 0.25) is 0 Å². The molecule has 0 aliphatic rings. The number of benzene rings is 2. The highest BCUT2D eigenvalue weighted by Crippen LogP contribution is 2.19. The monoisotopic (exact) mass is 419 g/mol. The molecule has 2 aromatic carbocycles. The van der Waals surface area contributed by atoms with E-state index < -0.39 is 0 Å². The van der Waals surface area contributed by atoms with Gasteiger partial charge in [0.1, 0.15) is 18.1 Å². The molecule has 4 aromatic rings. The number of H-pyrrole nitrogens is 1. The van der Waals surface area contributed by atoms with Crippen LogP contribution >= 0.6 is 0 Å². The summed E-state index contributed by atoms with van der Waals surface area (Å²) in [4.78, 5) is 28.1. The summed E-state index contributed by atoms with van der Waals surface area (Å²) in [7, 11) is 1.69. The fourth-order valence-corrected chi connectivity index (χ4v) is 3.43. The van der Waals surface area contributed by atoms with Crippen LogP contribution in [-0.4, -0.2) is 22.0 Å². The zero-order valence-electron chi connectivity index (χ0n) is 17.0. The van der Waals surface area contributed by atoms with E-state index in [2.05, 4.69) is 10.3 Å². The molecule has 0 aliphatic heterocycles. The molecule has 0 saturated heterocycles. The van der Waals surface area contributed by atoms with E-state index in [1.165, 1.54) is 24.4 Å². The molecule has 0 unspecified atom stereocenters. The van der Waals surface area contributed by atoms with Crippen LogP contribution in [0.1, 0.15) is 21.6 Å². The van der Waals surface area contributed by atoms with Crippen molar-refractivity contribution in [2.75, 3.05) is 6.54 Å². The number of aryl methyl sites for hydroxylation is 1. The minimum Gasteiger partial charge on any atom is -0.483 e. The van der Waals surface area contributed by atoms with Crippen LogP contribution in [0.3, 0.4) is 0 Å². The van der Waals surface area contributed by atoms with Crippen molar-refractivity contribution in [2.24, 2.45) is 7.05 Å². The lowest BCUT2D eigenvalue weighted by atomic mass is 10.1. The van der Waals surface area contributed by atoms with Gasteiger partial charge in [0.25, 0.3) is 5.91 Å². The van der Waals surface area contributed by atoms with Crippen LogP contribution in [0.25, 0.3) is 10.9 Å². The van der Waals surface area contributed by atoms with Crippen LogP contribution < -0.4 is 15.5 Å². The number of pyridine rings is 1. The molecule has 6 nitrogen and oxygen atoms in total. The summed E-state index contributed by atoms with van der Waals surface area (Å²) >= 11 is 0. The maximum absolute atomic E-state index is 13.5. The number of fused-ring (bicyclic) bond motifs is 1. The molecular weight excluding hydrogens is 397 g/mol. The van der Waals surface area contributed by atoms with Gasteiger partial charge in [-0.2, -0.15) is 0 Å². The lowest BCUT2D eigenvalue weighted by Crippen LogP contribution is -2.29. The van der Waals surface area contributed by atoms with Gasteiger partial charge in [-0.25, -0.2) is 4.39 Å². The standard InChI is InChI=1S/C24H22FN3O3/c1-28-14-23(31-15-16-5-3-2-4-6-16)22(29)12-21(28)24(30)26-10-9-17-13-27-20-8-7-18(25)11-19(17)20/h2-8,11-14,27H,9-10,15H2,1H3,(H,26,30). The zero-order chi connectivity index (χ0) is 21.8. The van der Waals surface area contributed by atoms with Gasteiger partial charge in [-0.3, -0.25) is 9.59 Å². The Kier molecular flexibility index (Phi) is 5.84. The first-order valence-corrected chi connectivity index (χ1v) is 9.92. The second-order valence-corrected chi connectivity index (χ2v) is 7.28. The minimum atomic E-state index is -0.361. The first kappa shape index (κ1) is 20.4. The fraction of sp³-hybridized carbons (Fsp3) is 0.167. The molecule has 7 heteroatoms. The van der Waals surface area contributed by atoms with E-state index in [1.807, 2.05) is 36.5 Å². The van der Waals surface area contributed by atoms with Crippen molar-refractivity contribution in [3.8, 4) is 5.75 Å². The maximum atomic E-state index is 13.5. The Bertz CT molecular complexity index is 1280.